The van der Waals surface area contributed by atoms with Crippen LogP contribution < -0.4 is 4.74 Å². The van der Waals surface area contributed by atoms with E-state index in [1.165, 1.54) is 0 Å². The Morgan fingerprint density at radius 1 is 1.30 bits per heavy atom. The summed E-state index contributed by atoms with van der Waals surface area (Å²) in [5, 5.41) is 19.0. The van der Waals surface area contributed by atoms with E-state index in [1.807, 2.05) is 32.0 Å². The second kappa shape index (κ2) is 6.34. The van der Waals surface area contributed by atoms with Gasteiger partial charge in [0.1, 0.15) is 29.8 Å². The summed E-state index contributed by atoms with van der Waals surface area (Å²) in [4.78, 5) is 7.52. The molecule has 0 saturated heterocycles. The lowest BCUT2D eigenvalue weighted by molar-refractivity contribution is 0.227. The summed E-state index contributed by atoms with van der Waals surface area (Å²) in [6.07, 6.45) is 0.0283. The number of nitrogens with one attached hydrogen (secondary N) is 1. The van der Waals surface area contributed by atoms with Crippen LogP contribution in [0.25, 0.3) is 11.3 Å². The highest BCUT2D eigenvalue weighted by atomic mass is 16.5. The van der Waals surface area contributed by atoms with Crippen LogP contribution in [-0.2, 0) is 4.74 Å². The Hall–Kier alpha value is -2.47. The number of aliphatic imine (C=N–C) groups is 1. The molecule has 1 aromatic carbocycles. The third-order valence-corrected chi connectivity index (χ3v) is 3.41. The Balaban J connectivity index is 1.87. The number of ether oxygens (including phenoxy) is 2. The van der Waals surface area contributed by atoms with E-state index in [2.05, 4.69) is 9.98 Å². The molecule has 0 bridgehead atoms. The van der Waals surface area contributed by atoms with Gasteiger partial charge in [-0.2, -0.15) is 0 Å². The Kier molecular flexibility index (Phi) is 4.25. The predicted molar refractivity (Wildman–Crippen MR) is 87.0 cm³/mol. The smallest absolute Gasteiger partial charge is 0.233 e. The van der Waals surface area contributed by atoms with E-state index in [4.69, 9.17) is 14.6 Å². The molecule has 0 fully saturated rings. The number of phenols is 1. The third kappa shape index (κ3) is 3.48. The van der Waals surface area contributed by atoms with Crippen LogP contribution in [0.1, 0.15) is 19.5 Å². The number of hydrogen-bond acceptors (Lipinski definition) is 5. The van der Waals surface area contributed by atoms with Crippen LogP contribution in [0.5, 0.6) is 11.5 Å². The molecule has 0 aliphatic carbocycles. The first-order chi connectivity index (χ1) is 11.0. The number of aromatic nitrogens is 1. The zero-order chi connectivity index (χ0) is 16.4. The van der Waals surface area contributed by atoms with Crippen molar-refractivity contribution < 1.29 is 19.7 Å². The molecule has 122 valence electrons. The van der Waals surface area contributed by atoms with E-state index in [0.717, 1.165) is 17.0 Å². The van der Waals surface area contributed by atoms with Crippen LogP contribution in [-0.4, -0.2) is 46.5 Å². The maximum Gasteiger partial charge on any atom is 0.233 e. The molecular weight excluding hydrogens is 296 g/mol. The van der Waals surface area contributed by atoms with Gasteiger partial charge in [0, 0.05) is 17.3 Å². The lowest BCUT2D eigenvalue weighted by atomic mass is 10.1. The van der Waals surface area contributed by atoms with Gasteiger partial charge in [-0.3, -0.25) is 0 Å². The van der Waals surface area contributed by atoms with Crippen molar-refractivity contribution in [3.63, 3.8) is 0 Å². The van der Waals surface area contributed by atoms with E-state index in [9.17, 15) is 5.11 Å². The van der Waals surface area contributed by atoms with Gasteiger partial charge in [-0.05, 0) is 38.1 Å². The normalized spacial score (nSPS) is 17.2. The number of aromatic hydroxyl groups is 1. The van der Waals surface area contributed by atoms with Gasteiger partial charge in [0.25, 0.3) is 0 Å². The first-order valence-electron chi connectivity index (χ1n) is 7.57. The van der Waals surface area contributed by atoms with Crippen LogP contribution in [0.3, 0.4) is 0 Å². The summed E-state index contributed by atoms with van der Waals surface area (Å²) in [6.45, 7) is 4.23. The molecule has 3 N–H and O–H groups in total. The fraction of sp³-hybridized carbons (Fsp3) is 0.353. The third-order valence-electron chi connectivity index (χ3n) is 3.41. The highest BCUT2D eigenvalue weighted by molar-refractivity contribution is 5.94. The molecule has 1 unspecified atom stereocenters. The van der Waals surface area contributed by atoms with E-state index < -0.39 is 0 Å². The maximum atomic E-state index is 9.88. The van der Waals surface area contributed by atoms with Crippen molar-refractivity contribution in [3.8, 4) is 22.8 Å². The molecule has 1 aliphatic heterocycles. The Morgan fingerprint density at radius 2 is 2.09 bits per heavy atom. The molecule has 1 atom stereocenters. The first-order valence-corrected chi connectivity index (χ1v) is 7.57. The lowest BCUT2D eigenvalue weighted by Gasteiger charge is -2.11. The SMILES string of the molecule is CC(C)Oc1cc(O)cc(-c2ccc(C3=NC(CO)CO3)[nH]2)c1. The summed E-state index contributed by atoms with van der Waals surface area (Å²) in [5.41, 5.74) is 2.37. The van der Waals surface area contributed by atoms with Gasteiger partial charge in [-0.25, -0.2) is 4.99 Å². The predicted octanol–water partition coefficient (Wildman–Crippen LogP) is 2.31. The molecule has 0 amide bonds. The minimum absolute atomic E-state index is 0.0282. The number of aliphatic hydroxyl groups is 1. The standard InChI is InChI=1S/C17H20N2O4/c1-10(2)23-14-6-11(5-13(21)7-14)15-3-4-16(19-15)17-18-12(8-20)9-22-17/h3-7,10,12,19-21H,8-9H2,1-2H3. The minimum atomic E-state index is -0.205. The molecule has 23 heavy (non-hydrogen) atoms. The van der Waals surface area contributed by atoms with Gasteiger partial charge in [-0.1, -0.05) is 0 Å². The fourth-order valence-corrected chi connectivity index (χ4v) is 2.42. The van der Waals surface area contributed by atoms with E-state index in [1.54, 1.807) is 12.1 Å². The number of benzene rings is 1. The summed E-state index contributed by atoms with van der Waals surface area (Å²) >= 11 is 0. The summed E-state index contributed by atoms with van der Waals surface area (Å²) in [6, 6.07) is 8.66. The van der Waals surface area contributed by atoms with Crippen LogP contribution in [0.2, 0.25) is 0 Å². The van der Waals surface area contributed by atoms with Gasteiger partial charge >= 0.3 is 0 Å². The van der Waals surface area contributed by atoms with Gasteiger partial charge in [0.05, 0.1) is 12.7 Å². The number of aliphatic hydroxyl groups excluding tert-OH is 1. The molecule has 1 aliphatic rings. The summed E-state index contributed by atoms with van der Waals surface area (Å²) in [5.74, 6) is 1.25. The zero-order valence-corrected chi connectivity index (χ0v) is 13.1. The van der Waals surface area contributed by atoms with Crippen molar-refractivity contribution in [2.75, 3.05) is 13.2 Å². The maximum absolute atomic E-state index is 9.88. The van der Waals surface area contributed by atoms with E-state index >= 15 is 0 Å². The fourth-order valence-electron chi connectivity index (χ4n) is 2.42. The van der Waals surface area contributed by atoms with Gasteiger partial charge in [-0.15, -0.1) is 0 Å². The van der Waals surface area contributed by atoms with Crippen LogP contribution >= 0.6 is 0 Å². The molecular formula is C17H20N2O4. The van der Waals surface area contributed by atoms with Gasteiger partial charge in [0.15, 0.2) is 0 Å². The van der Waals surface area contributed by atoms with Crippen LogP contribution in [0.4, 0.5) is 0 Å². The molecule has 0 radical (unpaired) electrons. The Labute approximate surface area is 134 Å². The lowest BCUT2D eigenvalue weighted by Crippen LogP contribution is -2.10. The molecule has 3 rings (SSSR count). The number of H-pyrrole nitrogens is 1. The second-order valence-electron chi connectivity index (χ2n) is 5.75. The number of phenolic OH excluding ortho intramolecular Hbond substituents is 1. The molecule has 1 aromatic heterocycles. The van der Waals surface area contributed by atoms with Crippen LogP contribution in [0.15, 0.2) is 35.3 Å². The van der Waals surface area contributed by atoms with Crippen molar-refractivity contribution in [1.82, 2.24) is 4.98 Å². The molecule has 2 aromatic rings. The Morgan fingerprint density at radius 3 is 2.78 bits per heavy atom. The van der Waals surface area contributed by atoms with Crippen molar-refractivity contribution in [1.29, 1.82) is 0 Å². The highest BCUT2D eigenvalue weighted by Gasteiger charge is 2.20. The van der Waals surface area contributed by atoms with Crippen molar-refractivity contribution >= 4 is 5.90 Å². The Bertz CT molecular complexity index is 721. The monoisotopic (exact) mass is 316 g/mol. The van der Waals surface area contributed by atoms with Crippen molar-refractivity contribution in [2.24, 2.45) is 4.99 Å². The number of nitrogens with zero attached hydrogens (tertiary/aromatic N) is 1. The second-order valence-corrected chi connectivity index (χ2v) is 5.75. The topological polar surface area (TPSA) is 87.1 Å². The number of aromatic amines is 1. The minimum Gasteiger partial charge on any atom is -0.508 e. The van der Waals surface area contributed by atoms with E-state index in [0.29, 0.717) is 18.3 Å². The van der Waals surface area contributed by atoms with Crippen LogP contribution in [0, 0.1) is 0 Å². The number of hydrogen-bond donors (Lipinski definition) is 3. The van der Waals surface area contributed by atoms with E-state index in [-0.39, 0.29) is 24.5 Å². The zero-order valence-electron chi connectivity index (χ0n) is 13.1. The van der Waals surface area contributed by atoms with Gasteiger partial charge in [0.2, 0.25) is 5.90 Å². The summed E-state index contributed by atoms with van der Waals surface area (Å²) in [7, 11) is 0. The molecule has 6 heteroatoms. The number of rotatable bonds is 5. The van der Waals surface area contributed by atoms with Crippen molar-refractivity contribution in [3.05, 3.63) is 36.0 Å². The molecule has 6 nitrogen and oxygen atoms in total. The quantitative estimate of drug-likeness (QED) is 0.790. The summed E-state index contributed by atoms with van der Waals surface area (Å²) < 4.78 is 11.1. The largest absolute Gasteiger partial charge is 0.508 e. The highest BCUT2D eigenvalue weighted by Crippen LogP contribution is 2.29. The molecule has 2 heterocycles. The molecule has 0 spiro atoms. The molecule has 0 saturated carbocycles. The van der Waals surface area contributed by atoms with Crippen molar-refractivity contribution in [2.45, 2.75) is 26.0 Å². The van der Waals surface area contributed by atoms with Gasteiger partial charge < -0.3 is 24.7 Å². The average molecular weight is 316 g/mol. The first kappa shape index (κ1) is 15.4. The average Bonchev–Trinajstić information content (AvgIpc) is 3.15.